The highest BCUT2D eigenvalue weighted by atomic mass is 32.2. The number of fused-ring (bicyclic) bond motifs is 3. The molecule has 0 atom stereocenters. The van der Waals surface area contributed by atoms with E-state index in [0.717, 1.165) is 36.5 Å². The molecular formula is C22H35N3O2S. The van der Waals surface area contributed by atoms with Crippen LogP contribution in [0.2, 0.25) is 0 Å². The number of nitrogens with one attached hydrogen (secondary N) is 1. The van der Waals surface area contributed by atoms with Crippen molar-refractivity contribution >= 4 is 15.9 Å². The molecule has 5 nitrogen and oxygen atoms in total. The number of rotatable bonds is 6. The van der Waals surface area contributed by atoms with Gasteiger partial charge in [0, 0.05) is 19.5 Å². The van der Waals surface area contributed by atoms with Gasteiger partial charge in [-0.25, -0.2) is 0 Å². The number of benzene rings is 1. The maximum atomic E-state index is 13.4. The van der Waals surface area contributed by atoms with E-state index in [1.807, 2.05) is 0 Å². The summed E-state index contributed by atoms with van der Waals surface area (Å²) < 4.78 is 26.8. The number of nitrogens with zero attached hydrogens (tertiary/aromatic N) is 2. The molecular weight excluding hydrogens is 370 g/mol. The molecule has 3 saturated heterocycles. The average Bonchev–Trinajstić information content (AvgIpc) is 2.66. The van der Waals surface area contributed by atoms with Crippen LogP contribution in [0.15, 0.2) is 22.1 Å². The molecule has 1 aromatic carbocycles. The Kier molecular flexibility index (Phi) is 6.08. The van der Waals surface area contributed by atoms with Crippen molar-refractivity contribution in [2.45, 2.75) is 83.5 Å². The van der Waals surface area contributed by atoms with Gasteiger partial charge in [0.05, 0.1) is 4.90 Å². The first kappa shape index (κ1) is 21.2. The second-order valence-corrected chi connectivity index (χ2v) is 10.8. The van der Waals surface area contributed by atoms with Crippen molar-refractivity contribution in [2.75, 3.05) is 13.1 Å². The first-order valence-electron chi connectivity index (χ1n) is 10.6. The van der Waals surface area contributed by atoms with Crippen LogP contribution in [0.4, 0.5) is 0 Å². The summed E-state index contributed by atoms with van der Waals surface area (Å²) in [5, 5.41) is 4.38. The van der Waals surface area contributed by atoms with E-state index in [2.05, 4.69) is 68.5 Å². The lowest BCUT2D eigenvalue weighted by Crippen LogP contribution is -2.46. The zero-order valence-electron chi connectivity index (χ0n) is 18.1. The number of piperidine rings is 3. The highest BCUT2D eigenvalue weighted by Gasteiger charge is 2.31. The topological polar surface area (TPSA) is 61.8 Å². The van der Waals surface area contributed by atoms with Gasteiger partial charge in [0.2, 0.25) is 0 Å². The van der Waals surface area contributed by atoms with Crippen LogP contribution in [-0.2, 0) is 10.0 Å². The maximum absolute atomic E-state index is 13.4. The Hall–Kier alpha value is -1.56. The molecule has 28 heavy (non-hydrogen) atoms. The lowest BCUT2D eigenvalue weighted by Gasteiger charge is -2.40. The molecule has 3 aliphatic rings. The number of sulfonamides is 1. The van der Waals surface area contributed by atoms with Crippen LogP contribution in [0.25, 0.3) is 0 Å². The van der Waals surface area contributed by atoms with E-state index < -0.39 is 10.0 Å². The minimum Gasteiger partial charge on any atom is -0.359 e. The van der Waals surface area contributed by atoms with Crippen molar-refractivity contribution in [1.29, 1.82) is 0 Å². The van der Waals surface area contributed by atoms with Crippen LogP contribution in [0.5, 0.6) is 0 Å². The van der Waals surface area contributed by atoms with Crippen LogP contribution in [-0.4, -0.2) is 32.2 Å². The van der Waals surface area contributed by atoms with Gasteiger partial charge < -0.3 is 4.90 Å². The second-order valence-electron chi connectivity index (χ2n) is 9.25. The van der Waals surface area contributed by atoms with Crippen LogP contribution < -0.4 is 4.83 Å². The Morgan fingerprint density at radius 1 is 0.964 bits per heavy atom. The van der Waals surface area contributed by atoms with Crippen molar-refractivity contribution in [3.05, 3.63) is 28.8 Å². The number of hydrogen-bond acceptors (Lipinski definition) is 3. The van der Waals surface area contributed by atoms with Crippen molar-refractivity contribution < 1.29 is 8.42 Å². The van der Waals surface area contributed by atoms with E-state index in [9.17, 15) is 8.42 Å². The predicted octanol–water partition coefficient (Wildman–Crippen LogP) is 4.76. The molecule has 3 fully saturated rings. The van der Waals surface area contributed by atoms with Crippen LogP contribution in [0.1, 0.15) is 95.2 Å². The first-order chi connectivity index (χ1) is 13.1. The Morgan fingerprint density at radius 3 is 1.89 bits per heavy atom. The van der Waals surface area contributed by atoms with Crippen LogP contribution in [0, 0.1) is 5.92 Å². The molecule has 0 unspecified atom stereocenters. The largest absolute Gasteiger partial charge is 0.359 e. The first-order valence-corrected chi connectivity index (χ1v) is 12.1. The second kappa shape index (κ2) is 8.05. The zero-order chi connectivity index (χ0) is 20.6. The SMILES string of the molecule is CC(C)c1cc(C(C)C)c(S(=O)(=O)NN=C2CC3CCN2CC3)c(C(C)C)c1. The minimum absolute atomic E-state index is 0.116. The van der Waals surface area contributed by atoms with Gasteiger partial charge in [-0.2, -0.15) is 18.4 Å². The third-order valence-electron chi connectivity index (χ3n) is 6.09. The van der Waals surface area contributed by atoms with Gasteiger partial charge in [0.25, 0.3) is 10.0 Å². The smallest absolute Gasteiger partial charge is 0.277 e. The lowest BCUT2D eigenvalue weighted by molar-refractivity contribution is 0.222. The van der Waals surface area contributed by atoms with Crippen molar-refractivity contribution in [3.63, 3.8) is 0 Å². The van der Waals surface area contributed by atoms with Gasteiger partial charge in [-0.1, -0.05) is 53.7 Å². The fourth-order valence-electron chi connectivity index (χ4n) is 4.26. The Labute approximate surface area is 170 Å². The molecule has 156 valence electrons. The van der Waals surface area contributed by atoms with Gasteiger partial charge in [-0.05, 0) is 53.2 Å². The van der Waals surface area contributed by atoms with Gasteiger partial charge >= 0.3 is 0 Å². The van der Waals surface area contributed by atoms with Crippen molar-refractivity contribution in [3.8, 4) is 0 Å². The fraction of sp³-hybridized carbons (Fsp3) is 0.682. The summed E-state index contributed by atoms with van der Waals surface area (Å²) in [5.41, 5.74) is 2.95. The standard InChI is InChI=1S/C22H35N3O2S/c1-14(2)18-12-19(15(3)4)22(20(13-18)16(5)6)28(26,27)24-23-21-11-17-7-9-25(21)10-8-17/h12-17,24H,7-11H2,1-6H3. The molecule has 3 aliphatic heterocycles. The molecule has 1 N–H and O–H groups in total. The lowest BCUT2D eigenvalue weighted by atomic mass is 9.88. The number of hydrazone groups is 1. The molecule has 6 heteroatoms. The number of hydrogen-bond donors (Lipinski definition) is 1. The molecule has 0 aliphatic carbocycles. The summed E-state index contributed by atoms with van der Waals surface area (Å²) >= 11 is 0. The molecule has 0 aromatic heterocycles. The monoisotopic (exact) mass is 405 g/mol. The molecule has 2 bridgehead atoms. The van der Waals surface area contributed by atoms with E-state index >= 15 is 0 Å². The van der Waals surface area contributed by atoms with E-state index in [1.54, 1.807) is 0 Å². The summed E-state index contributed by atoms with van der Waals surface area (Å²) in [6, 6.07) is 4.13. The molecule has 1 aromatic rings. The van der Waals surface area contributed by atoms with Crippen molar-refractivity contribution in [2.24, 2.45) is 11.0 Å². The third-order valence-corrected chi connectivity index (χ3v) is 7.43. The van der Waals surface area contributed by atoms with E-state index in [-0.39, 0.29) is 11.8 Å². The molecule has 0 saturated carbocycles. The molecule has 4 rings (SSSR count). The predicted molar refractivity (Wildman–Crippen MR) is 115 cm³/mol. The van der Waals surface area contributed by atoms with Gasteiger partial charge in [-0.15, -0.1) is 0 Å². The molecule has 3 heterocycles. The van der Waals surface area contributed by atoms with E-state index in [4.69, 9.17) is 0 Å². The van der Waals surface area contributed by atoms with Crippen LogP contribution >= 0.6 is 0 Å². The quantitative estimate of drug-likeness (QED) is 0.694. The van der Waals surface area contributed by atoms with E-state index in [1.165, 1.54) is 18.4 Å². The summed E-state index contributed by atoms with van der Waals surface area (Å²) in [5.74, 6) is 2.12. The highest BCUT2D eigenvalue weighted by molar-refractivity contribution is 7.89. The summed E-state index contributed by atoms with van der Waals surface area (Å²) in [6.07, 6.45) is 3.26. The molecule has 0 amide bonds. The zero-order valence-corrected chi connectivity index (χ0v) is 18.9. The van der Waals surface area contributed by atoms with E-state index in [0.29, 0.717) is 16.7 Å². The highest BCUT2D eigenvalue weighted by Crippen LogP contribution is 2.35. The summed E-state index contributed by atoms with van der Waals surface area (Å²) in [4.78, 5) is 5.23. The molecule has 0 radical (unpaired) electrons. The Morgan fingerprint density at radius 2 is 1.50 bits per heavy atom. The summed E-state index contributed by atoms with van der Waals surface area (Å²) in [7, 11) is -3.73. The fourth-order valence-corrected chi connectivity index (χ4v) is 5.78. The Bertz CT molecular complexity index is 820. The minimum atomic E-state index is -3.73. The average molecular weight is 406 g/mol. The van der Waals surface area contributed by atoms with Gasteiger partial charge in [0.15, 0.2) is 0 Å². The Balaban J connectivity index is 2.02. The van der Waals surface area contributed by atoms with Gasteiger partial charge in [0.1, 0.15) is 5.84 Å². The van der Waals surface area contributed by atoms with Gasteiger partial charge in [-0.3, -0.25) is 0 Å². The van der Waals surface area contributed by atoms with Crippen molar-refractivity contribution in [1.82, 2.24) is 9.73 Å². The summed E-state index contributed by atoms with van der Waals surface area (Å²) in [6.45, 7) is 14.5. The molecule has 0 spiro atoms. The maximum Gasteiger partial charge on any atom is 0.277 e. The number of amidine groups is 1. The van der Waals surface area contributed by atoms with Crippen LogP contribution in [0.3, 0.4) is 0 Å². The normalized spacial score (nSPS) is 19.5. The third kappa shape index (κ3) is 4.22.